The summed E-state index contributed by atoms with van der Waals surface area (Å²) in [7, 11) is 0. The van der Waals surface area contributed by atoms with Crippen LogP contribution in [0.15, 0.2) is 212 Å². The zero-order valence-corrected chi connectivity index (χ0v) is 32.7. The number of rotatable bonds is 6. The van der Waals surface area contributed by atoms with Crippen molar-refractivity contribution in [1.29, 1.82) is 0 Å². The van der Waals surface area contributed by atoms with Gasteiger partial charge >= 0.3 is 0 Å². The highest BCUT2D eigenvalue weighted by Gasteiger charge is 2.36. The molecule has 10 aromatic carbocycles. The lowest BCUT2D eigenvalue weighted by Crippen LogP contribution is -2.17. The van der Waals surface area contributed by atoms with Gasteiger partial charge in [-0.05, 0) is 119 Å². The summed E-state index contributed by atoms with van der Waals surface area (Å²) in [6, 6.07) is 78.5. The molecule has 0 spiro atoms. The van der Waals surface area contributed by atoms with Gasteiger partial charge in [0.2, 0.25) is 0 Å². The summed E-state index contributed by atoms with van der Waals surface area (Å²) in [6.45, 7) is 4.75. The average molecular weight is 740 g/mol. The van der Waals surface area contributed by atoms with Crippen LogP contribution in [0, 0.1) is 0 Å². The van der Waals surface area contributed by atoms with Crippen molar-refractivity contribution in [3.8, 4) is 44.5 Å². The van der Waals surface area contributed by atoms with Gasteiger partial charge in [0.15, 0.2) is 0 Å². The second-order valence-corrected chi connectivity index (χ2v) is 16.1. The Bertz CT molecular complexity index is 3210. The van der Waals surface area contributed by atoms with E-state index < -0.39 is 0 Å². The van der Waals surface area contributed by atoms with Crippen molar-refractivity contribution in [2.24, 2.45) is 0 Å². The van der Waals surface area contributed by atoms with Crippen LogP contribution in [-0.2, 0) is 5.41 Å². The number of anilines is 3. The predicted molar refractivity (Wildman–Crippen MR) is 248 cm³/mol. The maximum absolute atomic E-state index is 2.54. The molecule has 0 saturated carbocycles. The number of fused-ring (bicyclic) bond motifs is 6. The van der Waals surface area contributed by atoms with Gasteiger partial charge in [-0.1, -0.05) is 184 Å². The van der Waals surface area contributed by atoms with Gasteiger partial charge in [-0.25, -0.2) is 0 Å². The van der Waals surface area contributed by atoms with Gasteiger partial charge in [-0.3, -0.25) is 0 Å². The summed E-state index contributed by atoms with van der Waals surface area (Å²) in [4.78, 5) is 2.54. The lowest BCUT2D eigenvalue weighted by molar-refractivity contribution is 0.660. The minimum atomic E-state index is -0.156. The molecule has 0 saturated heterocycles. The first-order valence-electron chi connectivity index (χ1n) is 20.3. The molecule has 1 heteroatoms. The van der Waals surface area contributed by atoms with Gasteiger partial charge in [0.1, 0.15) is 0 Å². The Balaban J connectivity index is 1.23. The molecule has 0 N–H and O–H groups in total. The molecule has 0 heterocycles. The van der Waals surface area contributed by atoms with Crippen LogP contribution in [0.4, 0.5) is 17.1 Å². The average Bonchev–Trinajstić information content (AvgIpc) is 3.51. The molecule has 0 atom stereocenters. The maximum atomic E-state index is 2.54. The molecular formula is C57H41N. The van der Waals surface area contributed by atoms with Gasteiger partial charge in [0.05, 0.1) is 11.4 Å². The van der Waals surface area contributed by atoms with Crippen molar-refractivity contribution >= 4 is 49.4 Å². The Morgan fingerprint density at radius 1 is 0.328 bits per heavy atom. The fraction of sp³-hybridized carbons (Fsp3) is 0.0526. The summed E-state index contributed by atoms with van der Waals surface area (Å²) in [5.41, 5.74) is 15.7. The van der Waals surface area contributed by atoms with E-state index in [-0.39, 0.29) is 5.41 Å². The summed E-state index contributed by atoms with van der Waals surface area (Å²) in [5.74, 6) is 0. The number of benzene rings is 10. The molecule has 0 aliphatic heterocycles. The molecule has 10 aromatic rings. The molecule has 274 valence electrons. The quantitative estimate of drug-likeness (QED) is 0.164. The van der Waals surface area contributed by atoms with Crippen LogP contribution in [0.2, 0.25) is 0 Å². The van der Waals surface area contributed by atoms with Crippen molar-refractivity contribution in [2.45, 2.75) is 19.3 Å². The van der Waals surface area contributed by atoms with Crippen LogP contribution in [0.3, 0.4) is 0 Å². The molecule has 1 aliphatic carbocycles. The first-order chi connectivity index (χ1) is 28.5. The Labute approximate surface area is 340 Å². The Morgan fingerprint density at radius 2 is 0.897 bits per heavy atom. The summed E-state index contributed by atoms with van der Waals surface area (Å²) in [5, 5.41) is 7.36. The first kappa shape index (κ1) is 34.1. The summed E-state index contributed by atoms with van der Waals surface area (Å²) >= 11 is 0. The molecule has 0 aromatic heterocycles. The minimum absolute atomic E-state index is 0.156. The number of hydrogen-bond donors (Lipinski definition) is 0. The Hall–Kier alpha value is -7.22. The highest BCUT2D eigenvalue weighted by molar-refractivity contribution is 6.08. The number of hydrogen-bond acceptors (Lipinski definition) is 1. The fourth-order valence-corrected chi connectivity index (χ4v) is 9.46. The second-order valence-electron chi connectivity index (χ2n) is 16.1. The van der Waals surface area contributed by atoms with E-state index in [0.717, 1.165) is 17.1 Å². The zero-order chi connectivity index (χ0) is 38.8. The van der Waals surface area contributed by atoms with Crippen LogP contribution in [0.1, 0.15) is 25.0 Å². The third-order valence-electron chi connectivity index (χ3n) is 12.4. The highest BCUT2D eigenvalue weighted by Crippen LogP contribution is 2.53. The Morgan fingerprint density at radius 3 is 1.67 bits per heavy atom. The zero-order valence-electron chi connectivity index (χ0n) is 32.7. The van der Waals surface area contributed by atoms with Crippen LogP contribution in [-0.4, -0.2) is 0 Å². The van der Waals surface area contributed by atoms with Crippen LogP contribution < -0.4 is 4.90 Å². The van der Waals surface area contributed by atoms with Gasteiger partial charge < -0.3 is 4.90 Å². The van der Waals surface area contributed by atoms with Crippen molar-refractivity contribution < 1.29 is 0 Å². The van der Waals surface area contributed by atoms with Gasteiger partial charge in [0, 0.05) is 22.2 Å². The van der Waals surface area contributed by atoms with Crippen LogP contribution in [0.25, 0.3) is 76.8 Å². The third kappa shape index (κ3) is 5.54. The van der Waals surface area contributed by atoms with E-state index >= 15 is 0 Å². The smallest absolute Gasteiger partial charge is 0.0546 e. The number of nitrogens with zero attached hydrogens (tertiary/aromatic N) is 1. The fourth-order valence-electron chi connectivity index (χ4n) is 9.46. The lowest BCUT2D eigenvalue weighted by Gasteiger charge is -2.32. The third-order valence-corrected chi connectivity index (χ3v) is 12.4. The van der Waals surface area contributed by atoms with E-state index in [0.29, 0.717) is 0 Å². The van der Waals surface area contributed by atoms with E-state index in [9.17, 15) is 0 Å². The van der Waals surface area contributed by atoms with E-state index in [1.54, 1.807) is 0 Å². The van der Waals surface area contributed by atoms with Gasteiger partial charge in [0.25, 0.3) is 0 Å². The van der Waals surface area contributed by atoms with Crippen molar-refractivity contribution in [1.82, 2.24) is 0 Å². The molecule has 1 aliphatic rings. The molecule has 0 radical (unpaired) electrons. The van der Waals surface area contributed by atoms with E-state index in [4.69, 9.17) is 0 Å². The second kappa shape index (κ2) is 13.5. The van der Waals surface area contributed by atoms with Gasteiger partial charge in [-0.15, -0.1) is 0 Å². The summed E-state index contributed by atoms with van der Waals surface area (Å²) in [6.07, 6.45) is 0. The standard InChI is InChI=1S/C57H41N/c1-57(2)52-23-13-12-22-49(52)50-31-30-47(37-53(50)57)58(55-33-28-41-18-10-11-21-48(41)56(55)46-27-25-40-17-7-9-20-43(40)35-46)54-32-29-44(38-14-4-3-5-15-38)36-51(54)45-26-24-39-16-6-8-19-42(39)34-45/h3-37H,1-2H3. The minimum Gasteiger partial charge on any atom is -0.309 e. The van der Waals surface area contributed by atoms with Gasteiger partial charge in [-0.2, -0.15) is 0 Å². The van der Waals surface area contributed by atoms with E-state index in [2.05, 4.69) is 231 Å². The topological polar surface area (TPSA) is 3.24 Å². The monoisotopic (exact) mass is 739 g/mol. The molecular weight excluding hydrogens is 699 g/mol. The molecule has 0 fully saturated rings. The normalized spacial score (nSPS) is 12.8. The van der Waals surface area contributed by atoms with Crippen LogP contribution >= 0.6 is 0 Å². The van der Waals surface area contributed by atoms with E-state index in [1.165, 1.54) is 88.0 Å². The van der Waals surface area contributed by atoms with Crippen molar-refractivity contribution in [3.63, 3.8) is 0 Å². The first-order valence-corrected chi connectivity index (χ1v) is 20.3. The molecule has 11 rings (SSSR count). The predicted octanol–water partition coefficient (Wildman–Crippen LogP) is 15.9. The highest BCUT2D eigenvalue weighted by atomic mass is 15.1. The molecule has 1 nitrogen and oxygen atoms in total. The molecule has 0 bridgehead atoms. The molecule has 58 heavy (non-hydrogen) atoms. The van der Waals surface area contributed by atoms with Crippen molar-refractivity contribution in [2.75, 3.05) is 4.90 Å². The van der Waals surface area contributed by atoms with Crippen LogP contribution in [0.5, 0.6) is 0 Å². The molecule has 0 amide bonds. The SMILES string of the molecule is CC1(C)c2ccccc2-c2ccc(N(c3ccc(-c4ccccc4)cc3-c3ccc4ccccc4c3)c3ccc4ccccc4c3-c3ccc4ccccc4c3)cc21. The summed E-state index contributed by atoms with van der Waals surface area (Å²) < 4.78 is 0. The lowest BCUT2D eigenvalue weighted by atomic mass is 9.82. The van der Waals surface area contributed by atoms with E-state index in [1.807, 2.05) is 0 Å². The van der Waals surface area contributed by atoms with Crippen molar-refractivity contribution in [3.05, 3.63) is 223 Å². The maximum Gasteiger partial charge on any atom is 0.0546 e. The molecule has 0 unspecified atom stereocenters. The Kier molecular flexibility index (Phi) is 7.91. The largest absolute Gasteiger partial charge is 0.309 e.